The van der Waals surface area contributed by atoms with Gasteiger partial charge in [0.25, 0.3) is 0 Å². The average molecular weight is 274 g/mol. The van der Waals surface area contributed by atoms with Crippen molar-refractivity contribution in [3.8, 4) is 0 Å². The van der Waals surface area contributed by atoms with E-state index in [0.717, 1.165) is 25.9 Å². The summed E-state index contributed by atoms with van der Waals surface area (Å²) >= 11 is 0. The zero-order valence-electron chi connectivity index (χ0n) is 12.3. The third-order valence-corrected chi connectivity index (χ3v) is 3.43. The molecule has 0 aliphatic carbocycles. The molecule has 0 aromatic rings. The van der Waals surface area contributed by atoms with Crippen LogP contribution < -0.4 is 0 Å². The van der Waals surface area contributed by atoms with Gasteiger partial charge in [-0.25, -0.2) is 0 Å². The molecule has 4 nitrogen and oxygen atoms in total. The minimum atomic E-state index is -0.199. The Hall–Kier alpha value is -0.160. The first-order valence-corrected chi connectivity index (χ1v) is 7.82. The maximum atomic E-state index is 9.03. The second-order valence-corrected chi connectivity index (χ2v) is 5.20. The van der Waals surface area contributed by atoms with Crippen molar-refractivity contribution in [3.63, 3.8) is 0 Å². The number of hydrogen-bond donors (Lipinski definition) is 1. The molecule has 0 amide bonds. The fourth-order valence-electron chi connectivity index (χ4n) is 2.20. The predicted molar refractivity (Wildman–Crippen MR) is 75.1 cm³/mol. The highest BCUT2D eigenvalue weighted by Crippen LogP contribution is 2.14. The van der Waals surface area contributed by atoms with Gasteiger partial charge in [0.2, 0.25) is 0 Å². The largest absolute Gasteiger partial charge is 0.394 e. The van der Waals surface area contributed by atoms with E-state index in [9.17, 15) is 0 Å². The first-order valence-electron chi connectivity index (χ1n) is 7.82. The lowest BCUT2D eigenvalue weighted by Crippen LogP contribution is -2.35. The van der Waals surface area contributed by atoms with Crippen molar-refractivity contribution >= 4 is 0 Å². The number of hydrogen-bond acceptors (Lipinski definition) is 4. The molecule has 1 heterocycles. The monoisotopic (exact) mass is 274 g/mol. The van der Waals surface area contributed by atoms with Crippen LogP contribution in [0.5, 0.6) is 0 Å². The Balaban J connectivity index is 1.85. The van der Waals surface area contributed by atoms with Crippen LogP contribution in [-0.4, -0.2) is 43.9 Å². The van der Waals surface area contributed by atoms with E-state index in [1.165, 1.54) is 32.1 Å². The highest BCUT2D eigenvalue weighted by atomic mass is 16.7. The molecule has 0 unspecified atom stereocenters. The summed E-state index contributed by atoms with van der Waals surface area (Å²) in [4.78, 5) is 0. The van der Waals surface area contributed by atoms with E-state index < -0.39 is 0 Å². The third kappa shape index (κ3) is 8.58. The number of aliphatic hydroxyl groups is 1. The minimum absolute atomic E-state index is 0.0580. The van der Waals surface area contributed by atoms with Gasteiger partial charge in [-0.05, 0) is 12.8 Å². The minimum Gasteiger partial charge on any atom is -0.394 e. The van der Waals surface area contributed by atoms with Crippen LogP contribution in [0.25, 0.3) is 0 Å². The fraction of sp³-hybridized carbons (Fsp3) is 1.00. The van der Waals surface area contributed by atoms with E-state index in [2.05, 4.69) is 6.92 Å². The van der Waals surface area contributed by atoms with E-state index in [1.54, 1.807) is 0 Å². The van der Waals surface area contributed by atoms with Gasteiger partial charge in [0.1, 0.15) is 0 Å². The maximum Gasteiger partial charge on any atom is 0.160 e. The number of unbranched alkanes of at least 4 members (excludes halogenated alkanes) is 5. The first-order chi connectivity index (χ1) is 9.36. The number of aliphatic hydroxyl groups excluding tert-OH is 1. The Morgan fingerprint density at radius 3 is 2.68 bits per heavy atom. The lowest BCUT2D eigenvalue weighted by atomic mass is 10.1. The Bertz CT molecular complexity index is 199. The van der Waals surface area contributed by atoms with Crippen molar-refractivity contribution in [3.05, 3.63) is 0 Å². The van der Waals surface area contributed by atoms with E-state index in [4.69, 9.17) is 19.3 Å². The molecule has 114 valence electrons. The van der Waals surface area contributed by atoms with Crippen LogP contribution >= 0.6 is 0 Å². The Morgan fingerprint density at radius 2 is 1.89 bits per heavy atom. The van der Waals surface area contributed by atoms with Crippen molar-refractivity contribution in [2.45, 2.75) is 70.7 Å². The molecule has 1 rings (SSSR count). The molecular formula is C15H30O4. The Morgan fingerprint density at radius 1 is 1.11 bits per heavy atom. The highest BCUT2D eigenvalue weighted by Gasteiger charge is 2.21. The van der Waals surface area contributed by atoms with Crippen LogP contribution in [0.15, 0.2) is 0 Å². The summed E-state index contributed by atoms with van der Waals surface area (Å²) in [6.07, 6.45) is 9.02. The summed E-state index contributed by atoms with van der Waals surface area (Å²) < 4.78 is 16.6. The average Bonchev–Trinajstić information content (AvgIpc) is 2.46. The van der Waals surface area contributed by atoms with Crippen LogP contribution in [0.3, 0.4) is 0 Å². The molecule has 0 saturated carbocycles. The quantitative estimate of drug-likeness (QED) is 0.589. The zero-order valence-corrected chi connectivity index (χ0v) is 12.3. The summed E-state index contributed by atoms with van der Waals surface area (Å²) in [6, 6.07) is 0. The maximum absolute atomic E-state index is 9.03. The molecule has 0 aromatic heterocycles. The van der Waals surface area contributed by atoms with Gasteiger partial charge in [-0.15, -0.1) is 0 Å². The topological polar surface area (TPSA) is 47.9 Å². The van der Waals surface area contributed by atoms with Gasteiger partial charge in [0.15, 0.2) is 6.29 Å². The van der Waals surface area contributed by atoms with Gasteiger partial charge < -0.3 is 19.3 Å². The fourth-order valence-corrected chi connectivity index (χ4v) is 2.20. The molecule has 1 saturated heterocycles. The smallest absolute Gasteiger partial charge is 0.160 e. The van der Waals surface area contributed by atoms with E-state index >= 15 is 0 Å². The van der Waals surface area contributed by atoms with Gasteiger partial charge >= 0.3 is 0 Å². The van der Waals surface area contributed by atoms with E-state index in [0.29, 0.717) is 13.2 Å². The molecule has 1 N–H and O–H groups in total. The third-order valence-electron chi connectivity index (χ3n) is 3.43. The second-order valence-electron chi connectivity index (χ2n) is 5.20. The summed E-state index contributed by atoms with van der Waals surface area (Å²) in [6.45, 7) is 4.51. The molecule has 0 spiro atoms. The van der Waals surface area contributed by atoms with Gasteiger partial charge in [-0.3, -0.25) is 0 Å². The molecule has 1 fully saturated rings. The van der Waals surface area contributed by atoms with Gasteiger partial charge in [0.05, 0.1) is 25.9 Å². The Kier molecular flexibility index (Phi) is 10.4. The molecule has 1 aliphatic rings. The van der Waals surface area contributed by atoms with Crippen LogP contribution in [0.1, 0.15) is 58.3 Å². The first kappa shape index (κ1) is 16.9. The lowest BCUT2D eigenvalue weighted by Gasteiger charge is -2.29. The predicted octanol–water partition coefficient (Wildman–Crippen LogP) is 2.88. The summed E-state index contributed by atoms with van der Waals surface area (Å²) in [5, 5.41) is 9.03. The van der Waals surface area contributed by atoms with Crippen LogP contribution in [0, 0.1) is 0 Å². The number of ether oxygens (including phenoxy) is 3. The molecule has 2 atom stereocenters. The van der Waals surface area contributed by atoms with Crippen molar-refractivity contribution in [2.24, 2.45) is 0 Å². The molecule has 0 bridgehead atoms. The molecule has 19 heavy (non-hydrogen) atoms. The SMILES string of the molecule is CCCCCCCCOCC[C@H]1OCC[C@@H](CO)O1. The van der Waals surface area contributed by atoms with Crippen LogP contribution in [-0.2, 0) is 14.2 Å². The van der Waals surface area contributed by atoms with Gasteiger partial charge in [-0.1, -0.05) is 39.0 Å². The van der Waals surface area contributed by atoms with Gasteiger partial charge in [0, 0.05) is 13.0 Å². The van der Waals surface area contributed by atoms with E-state index in [-0.39, 0.29) is 19.0 Å². The van der Waals surface area contributed by atoms with Crippen molar-refractivity contribution in [1.82, 2.24) is 0 Å². The van der Waals surface area contributed by atoms with Gasteiger partial charge in [-0.2, -0.15) is 0 Å². The zero-order chi connectivity index (χ0) is 13.8. The normalized spacial score (nSPS) is 23.7. The molecule has 0 aromatic carbocycles. The van der Waals surface area contributed by atoms with Crippen molar-refractivity contribution in [2.75, 3.05) is 26.4 Å². The van der Waals surface area contributed by atoms with E-state index in [1.807, 2.05) is 0 Å². The van der Waals surface area contributed by atoms with Crippen LogP contribution in [0.4, 0.5) is 0 Å². The Labute approximate surface area is 117 Å². The summed E-state index contributed by atoms with van der Waals surface area (Å²) in [5.74, 6) is 0. The lowest BCUT2D eigenvalue weighted by molar-refractivity contribution is -0.225. The second kappa shape index (κ2) is 11.6. The van der Waals surface area contributed by atoms with Crippen LogP contribution in [0.2, 0.25) is 0 Å². The number of rotatable bonds is 11. The summed E-state index contributed by atoms with van der Waals surface area (Å²) in [7, 11) is 0. The molecular weight excluding hydrogens is 244 g/mol. The van der Waals surface area contributed by atoms with Crippen molar-refractivity contribution < 1.29 is 19.3 Å². The standard InChI is InChI=1S/C15H30O4/c1-2-3-4-5-6-7-10-17-11-9-15-18-12-8-14(13-16)19-15/h14-16H,2-13H2,1H3/t14-,15-/m0/s1. The molecule has 0 radical (unpaired) electrons. The highest BCUT2D eigenvalue weighted by molar-refractivity contribution is 4.62. The molecule has 4 heteroatoms. The molecule has 1 aliphatic heterocycles. The van der Waals surface area contributed by atoms with Crippen molar-refractivity contribution in [1.29, 1.82) is 0 Å². The summed E-state index contributed by atoms with van der Waals surface area (Å²) in [5.41, 5.74) is 0.